The molecule has 0 heterocycles. The summed E-state index contributed by atoms with van der Waals surface area (Å²) in [4.78, 5) is 28.1. The summed E-state index contributed by atoms with van der Waals surface area (Å²) in [5, 5.41) is 19.7. The topological polar surface area (TPSA) is 112 Å². The fourth-order valence-electron chi connectivity index (χ4n) is 11.3. The molecule has 5 aliphatic carbocycles. The van der Waals surface area contributed by atoms with Gasteiger partial charge in [0.1, 0.15) is 6.61 Å². The summed E-state index contributed by atoms with van der Waals surface area (Å²) in [5.74, 6) is 0.565. The fraction of sp³-hybridized carbons (Fsp3) is 0.895. The summed E-state index contributed by atoms with van der Waals surface area (Å²) in [6.07, 6.45) is 10.1. The number of carbonyl (C=O) groups is 2. The Bertz CT molecular complexity index is 1170. The highest BCUT2D eigenvalue weighted by Crippen LogP contribution is 2.75. The molecule has 0 amide bonds. The molecule has 4 fully saturated rings. The van der Waals surface area contributed by atoms with Crippen LogP contribution < -0.4 is 0 Å². The van der Waals surface area contributed by atoms with Gasteiger partial charge in [0.15, 0.2) is 5.78 Å². The van der Waals surface area contributed by atoms with Crippen LogP contribution in [0.25, 0.3) is 0 Å². The molecular weight excluding hydrogens is 584 g/mol. The van der Waals surface area contributed by atoms with Gasteiger partial charge in [-0.15, -0.1) is 0 Å². The highest BCUT2D eigenvalue weighted by Gasteiger charge is 2.70. The maximum absolute atomic E-state index is 14.5. The van der Waals surface area contributed by atoms with Crippen LogP contribution in [0.5, 0.6) is 0 Å². The first-order chi connectivity index (χ1) is 21.6. The number of rotatable bonds is 12. The van der Waals surface area contributed by atoms with Crippen molar-refractivity contribution < 1.29 is 38.7 Å². The van der Waals surface area contributed by atoms with Gasteiger partial charge < -0.3 is 29.2 Å². The van der Waals surface area contributed by atoms with E-state index < -0.39 is 5.41 Å². The van der Waals surface area contributed by atoms with E-state index in [1.54, 1.807) is 0 Å². The lowest BCUT2D eigenvalue weighted by Gasteiger charge is -2.70. The molecule has 0 aromatic carbocycles. The zero-order chi connectivity index (χ0) is 33.6. The molecule has 0 unspecified atom stereocenters. The van der Waals surface area contributed by atoms with Gasteiger partial charge in [0, 0.05) is 5.92 Å². The second kappa shape index (κ2) is 13.2. The maximum Gasteiger partial charge on any atom is 0.311 e. The van der Waals surface area contributed by atoms with Crippen molar-refractivity contribution in [1.29, 1.82) is 0 Å². The molecule has 262 valence electrons. The number of carbonyl (C=O) groups excluding carboxylic acids is 2. The lowest BCUT2D eigenvalue weighted by molar-refractivity contribution is -0.202. The highest BCUT2D eigenvalue weighted by atomic mass is 16.6. The quantitative estimate of drug-likeness (QED) is 0.199. The number of hydrogen-bond donors (Lipinski definition) is 2. The molecule has 8 heteroatoms. The van der Waals surface area contributed by atoms with Crippen LogP contribution >= 0.6 is 0 Å². The van der Waals surface area contributed by atoms with Gasteiger partial charge in [-0.1, -0.05) is 47.1 Å². The maximum atomic E-state index is 14.5. The zero-order valence-corrected chi connectivity index (χ0v) is 29.8. The van der Waals surface area contributed by atoms with E-state index in [1.165, 1.54) is 5.57 Å². The molecule has 0 aromatic rings. The number of allylic oxidation sites excluding steroid dienone is 2. The summed E-state index contributed by atoms with van der Waals surface area (Å²) in [5.41, 5.74) is 0.172. The molecule has 5 rings (SSSR count). The summed E-state index contributed by atoms with van der Waals surface area (Å²) in [7, 11) is 0. The van der Waals surface area contributed by atoms with E-state index in [-0.39, 0.29) is 70.0 Å². The Kier molecular flexibility index (Phi) is 10.3. The molecule has 4 saturated carbocycles. The standard InChI is InChI=1S/C38H62O8/c1-33(2)29-8-11-38(7)31(36(29,5)10-9-30(33)41)28(40)24-26-27-25-35(4,13-12-34(27,3)14-15-37(26,38)6)32(42)46-23-22-45-21-20-44-19-18-43-17-16-39/h24,27,29-31,39,41H,8-23,25H2,1-7H3/t27-,29-,30-,31+,34+,35-,36-,37+,38+/m0/s1. The summed E-state index contributed by atoms with van der Waals surface area (Å²) >= 11 is 0. The zero-order valence-electron chi connectivity index (χ0n) is 29.8. The Morgan fingerprint density at radius 3 is 2.07 bits per heavy atom. The number of hydrogen-bond acceptors (Lipinski definition) is 8. The van der Waals surface area contributed by atoms with E-state index in [2.05, 4.69) is 54.5 Å². The van der Waals surface area contributed by atoms with Crippen LogP contribution in [-0.2, 0) is 28.5 Å². The van der Waals surface area contributed by atoms with E-state index in [9.17, 15) is 14.7 Å². The Balaban J connectivity index is 1.26. The largest absolute Gasteiger partial charge is 0.463 e. The minimum atomic E-state index is -0.602. The van der Waals surface area contributed by atoms with Gasteiger partial charge in [0.25, 0.3) is 0 Å². The Morgan fingerprint density at radius 2 is 1.41 bits per heavy atom. The van der Waals surface area contributed by atoms with Gasteiger partial charge in [0.2, 0.25) is 0 Å². The van der Waals surface area contributed by atoms with Gasteiger partial charge in [-0.3, -0.25) is 9.59 Å². The molecule has 0 spiro atoms. The Morgan fingerprint density at radius 1 is 0.804 bits per heavy atom. The SMILES string of the molecule is CC1(C)[C@@H](O)CC[C@]2(C)[C@H]3C(=O)C=C4[C@@H]5C[C@@](C)(C(=O)OCCOCCOCCOCCO)CC[C@]5(C)CC[C@@]4(C)[C@]3(C)CC[C@@H]12. The third kappa shape index (κ3) is 5.94. The Hall–Kier alpha value is -1.32. The molecule has 5 aliphatic rings. The van der Waals surface area contributed by atoms with E-state index in [1.807, 2.05) is 0 Å². The van der Waals surface area contributed by atoms with Crippen molar-refractivity contribution in [2.75, 3.05) is 52.9 Å². The molecular formula is C38H62O8. The fourth-order valence-corrected chi connectivity index (χ4v) is 11.3. The third-order valence-corrected chi connectivity index (χ3v) is 14.5. The third-order valence-electron chi connectivity index (χ3n) is 14.5. The number of aliphatic hydroxyl groups is 2. The normalized spacial score (nSPS) is 43.1. The molecule has 0 aliphatic heterocycles. The molecule has 8 nitrogen and oxygen atoms in total. The molecule has 0 bridgehead atoms. The van der Waals surface area contributed by atoms with Crippen LogP contribution in [-0.4, -0.2) is 80.9 Å². The van der Waals surface area contributed by atoms with Crippen molar-refractivity contribution in [2.45, 2.75) is 112 Å². The van der Waals surface area contributed by atoms with E-state index in [0.717, 1.165) is 51.4 Å². The number of ketones is 1. The van der Waals surface area contributed by atoms with Crippen LogP contribution in [0.4, 0.5) is 0 Å². The molecule has 9 atom stereocenters. The second-order valence-electron chi connectivity index (χ2n) is 17.3. The summed E-state index contributed by atoms with van der Waals surface area (Å²) in [6, 6.07) is 0. The molecule has 46 heavy (non-hydrogen) atoms. The first-order valence-corrected chi connectivity index (χ1v) is 18.0. The van der Waals surface area contributed by atoms with Gasteiger partial charge in [-0.2, -0.15) is 0 Å². The van der Waals surface area contributed by atoms with Gasteiger partial charge in [0.05, 0.1) is 57.8 Å². The van der Waals surface area contributed by atoms with Crippen molar-refractivity contribution in [2.24, 2.45) is 50.2 Å². The van der Waals surface area contributed by atoms with Crippen molar-refractivity contribution in [1.82, 2.24) is 0 Å². The summed E-state index contributed by atoms with van der Waals surface area (Å²) in [6.45, 7) is 18.7. The average molecular weight is 647 g/mol. The minimum Gasteiger partial charge on any atom is -0.463 e. The van der Waals surface area contributed by atoms with Crippen LogP contribution in [0.15, 0.2) is 11.6 Å². The number of aliphatic hydroxyl groups excluding tert-OH is 2. The average Bonchev–Trinajstić information content (AvgIpc) is 2.99. The van der Waals surface area contributed by atoms with Crippen LogP contribution in [0.3, 0.4) is 0 Å². The second-order valence-corrected chi connectivity index (χ2v) is 17.3. The van der Waals surface area contributed by atoms with E-state index in [0.29, 0.717) is 52.0 Å². The van der Waals surface area contributed by atoms with Crippen LogP contribution in [0, 0.1) is 50.2 Å². The number of esters is 1. The number of fused-ring (bicyclic) bond motifs is 7. The predicted octanol–water partition coefficient (Wildman–Crippen LogP) is 5.91. The van der Waals surface area contributed by atoms with E-state index >= 15 is 0 Å². The first kappa shape index (κ1) is 36.0. The Labute approximate surface area is 277 Å². The first-order valence-electron chi connectivity index (χ1n) is 18.0. The highest BCUT2D eigenvalue weighted by molar-refractivity contribution is 5.95. The van der Waals surface area contributed by atoms with Crippen LogP contribution in [0.2, 0.25) is 0 Å². The molecule has 0 radical (unpaired) electrons. The van der Waals surface area contributed by atoms with Gasteiger partial charge in [-0.25, -0.2) is 0 Å². The smallest absolute Gasteiger partial charge is 0.311 e. The molecule has 0 saturated heterocycles. The molecule has 0 aromatic heterocycles. The van der Waals surface area contributed by atoms with Crippen molar-refractivity contribution in [3.05, 3.63) is 11.6 Å². The van der Waals surface area contributed by atoms with E-state index in [4.69, 9.17) is 24.1 Å². The van der Waals surface area contributed by atoms with Gasteiger partial charge >= 0.3 is 5.97 Å². The van der Waals surface area contributed by atoms with Crippen LogP contribution in [0.1, 0.15) is 106 Å². The van der Waals surface area contributed by atoms with Gasteiger partial charge in [-0.05, 0) is 110 Å². The molecule has 2 N–H and O–H groups in total. The van der Waals surface area contributed by atoms with Crippen molar-refractivity contribution >= 4 is 11.8 Å². The monoisotopic (exact) mass is 646 g/mol. The lowest BCUT2D eigenvalue weighted by atomic mass is 9.33. The van der Waals surface area contributed by atoms with Crippen molar-refractivity contribution in [3.63, 3.8) is 0 Å². The lowest BCUT2D eigenvalue weighted by Crippen LogP contribution is -2.66. The summed E-state index contributed by atoms with van der Waals surface area (Å²) < 4.78 is 22.0. The predicted molar refractivity (Wildman–Crippen MR) is 176 cm³/mol. The van der Waals surface area contributed by atoms with Crippen molar-refractivity contribution in [3.8, 4) is 0 Å². The number of ether oxygens (including phenoxy) is 4. The minimum absolute atomic E-state index is 0.00324.